The Kier molecular flexibility index (Phi) is 5.90. The van der Waals surface area contributed by atoms with Gasteiger partial charge in [-0.3, -0.25) is 4.79 Å². The number of thiazole rings is 1. The van der Waals surface area contributed by atoms with Crippen molar-refractivity contribution in [3.05, 3.63) is 16.1 Å². The second kappa shape index (κ2) is 7.69. The second-order valence-electron chi connectivity index (χ2n) is 5.39. The van der Waals surface area contributed by atoms with Crippen molar-refractivity contribution in [2.75, 3.05) is 13.2 Å². The van der Waals surface area contributed by atoms with Gasteiger partial charge in [-0.05, 0) is 33.1 Å². The largest absolute Gasteiger partial charge is 0.480 e. The molecule has 1 N–H and O–H groups in total. The molecule has 0 spiro atoms. The van der Waals surface area contributed by atoms with Crippen LogP contribution < -0.4 is 0 Å². The van der Waals surface area contributed by atoms with Crippen molar-refractivity contribution in [2.45, 2.75) is 51.7 Å². The van der Waals surface area contributed by atoms with Crippen LogP contribution in [0, 0.1) is 0 Å². The summed E-state index contributed by atoms with van der Waals surface area (Å²) in [5.41, 5.74) is 0.686. The molecule has 2 rings (SSSR count). The molecule has 22 heavy (non-hydrogen) atoms. The van der Waals surface area contributed by atoms with Crippen LogP contribution in [-0.2, 0) is 20.7 Å². The Hall–Kier alpha value is -1.47. The first-order valence-electron chi connectivity index (χ1n) is 7.61. The quantitative estimate of drug-likeness (QED) is 0.867. The summed E-state index contributed by atoms with van der Waals surface area (Å²) in [4.78, 5) is 29.6. The number of piperidine rings is 1. The summed E-state index contributed by atoms with van der Waals surface area (Å²) in [5, 5.41) is 11.9. The minimum absolute atomic E-state index is 0.0828. The van der Waals surface area contributed by atoms with Gasteiger partial charge >= 0.3 is 5.97 Å². The molecule has 1 aromatic rings. The number of rotatable bonds is 6. The van der Waals surface area contributed by atoms with Crippen LogP contribution in [0.5, 0.6) is 0 Å². The number of carboxylic acid groups (broad SMARTS) is 1. The first-order chi connectivity index (χ1) is 10.5. The highest BCUT2D eigenvalue weighted by Gasteiger charge is 2.32. The van der Waals surface area contributed by atoms with Crippen LogP contribution in [0.15, 0.2) is 5.38 Å². The average molecular weight is 326 g/mol. The smallest absolute Gasteiger partial charge is 0.326 e. The lowest BCUT2D eigenvalue weighted by atomic mass is 10.0. The molecule has 2 heterocycles. The molecule has 1 unspecified atom stereocenters. The lowest BCUT2D eigenvalue weighted by Crippen LogP contribution is -2.48. The average Bonchev–Trinajstić information content (AvgIpc) is 2.96. The molecule has 1 aliphatic heterocycles. The zero-order valence-electron chi connectivity index (χ0n) is 12.9. The summed E-state index contributed by atoms with van der Waals surface area (Å²) < 4.78 is 5.49. The van der Waals surface area contributed by atoms with Crippen molar-refractivity contribution in [1.82, 2.24) is 9.88 Å². The molecule has 122 valence electrons. The van der Waals surface area contributed by atoms with Crippen LogP contribution in [0.4, 0.5) is 0 Å². The van der Waals surface area contributed by atoms with Crippen molar-refractivity contribution in [1.29, 1.82) is 0 Å². The van der Waals surface area contributed by atoms with E-state index in [9.17, 15) is 14.7 Å². The number of carbonyl (C=O) groups excluding carboxylic acids is 1. The Morgan fingerprint density at radius 3 is 3.00 bits per heavy atom. The Balaban J connectivity index is 2.00. The maximum Gasteiger partial charge on any atom is 0.326 e. The van der Waals surface area contributed by atoms with E-state index in [-0.39, 0.29) is 18.4 Å². The third-order valence-electron chi connectivity index (χ3n) is 3.77. The minimum atomic E-state index is -0.919. The van der Waals surface area contributed by atoms with Crippen molar-refractivity contribution in [3.8, 4) is 0 Å². The van der Waals surface area contributed by atoms with Gasteiger partial charge in [-0.15, -0.1) is 11.3 Å². The van der Waals surface area contributed by atoms with Crippen molar-refractivity contribution in [3.63, 3.8) is 0 Å². The van der Waals surface area contributed by atoms with E-state index >= 15 is 0 Å². The fraction of sp³-hybridized carbons (Fsp3) is 0.667. The summed E-state index contributed by atoms with van der Waals surface area (Å²) in [6.07, 6.45) is 2.32. The number of aromatic nitrogens is 1. The van der Waals surface area contributed by atoms with Gasteiger partial charge in [0.25, 0.3) is 0 Å². The summed E-state index contributed by atoms with van der Waals surface area (Å²) in [6.45, 7) is 4.99. The molecular weight excluding hydrogens is 304 g/mol. The van der Waals surface area contributed by atoms with Crippen LogP contribution in [0.2, 0.25) is 0 Å². The standard InChI is InChI=1S/C15H22N2O4S/c1-3-21-10(2)14-16-11(9-22-14)8-13(18)17-7-5-4-6-12(17)15(19)20/h9-10,12H,3-8H2,1-2H3,(H,19,20)/t10?,12-/m1/s1. The fourth-order valence-corrected chi connectivity index (χ4v) is 3.48. The maximum atomic E-state index is 12.4. The van der Waals surface area contributed by atoms with Crippen molar-refractivity contribution >= 4 is 23.2 Å². The van der Waals surface area contributed by atoms with Crippen LogP contribution in [0.1, 0.15) is 49.9 Å². The third kappa shape index (κ3) is 4.04. The molecule has 0 aliphatic carbocycles. The van der Waals surface area contributed by atoms with Gasteiger partial charge in [-0.1, -0.05) is 0 Å². The van der Waals surface area contributed by atoms with E-state index in [4.69, 9.17) is 4.74 Å². The lowest BCUT2D eigenvalue weighted by molar-refractivity contribution is -0.151. The van der Waals surface area contributed by atoms with Crippen LogP contribution >= 0.6 is 11.3 Å². The molecule has 7 heteroatoms. The predicted octanol–water partition coefficient (Wildman–Crippen LogP) is 2.25. The van der Waals surface area contributed by atoms with E-state index in [1.54, 1.807) is 0 Å². The number of nitrogens with zero attached hydrogens (tertiary/aromatic N) is 2. The molecule has 2 atom stereocenters. The highest BCUT2D eigenvalue weighted by molar-refractivity contribution is 7.09. The molecule has 1 amide bonds. The van der Waals surface area contributed by atoms with E-state index in [0.29, 0.717) is 25.3 Å². The zero-order valence-corrected chi connectivity index (χ0v) is 13.8. The van der Waals surface area contributed by atoms with Gasteiger partial charge in [0.1, 0.15) is 17.2 Å². The summed E-state index contributed by atoms with van der Waals surface area (Å²) in [6, 6.07) is -0.693. The highest BCUT2D eigenvalue weighted by atomic mass is 32.1. The summed E-state index contributed by atoms with van der Waals surface area (Å²) in [5.74, 6) is -1.08. The van der Waals surface area contributed by atoms with Gasteiger partial charge in [0.05, 0.1) is 12.1 Å². The Labute approximate surface area is 134 Å². The summed E-state index contributed by atoms with van der Waals surface area (Å²) >= 11 is 1.47. The van der Waals surface area contributed by atoms with Gasteiger partial charge in [0.2, 0.25) is 5.91 Å². The first kappa shape index (κ1) is 16.9. The molecule has 6 nitrogen and oxygen atoms in total. The number of hydrogen-bond donors (Lipinski definition) is 1. The monoisotopic (exact) mass is 326 g/mol. The Morgan fingerprint density at radius 1 is 1.55 bits per heavy atom. The van der Waals surface area contributed by atoms with E-state index < -0.39 is 12.0 Å². The number of carbonyl (C=O) groups is 2. The van der Waals surface area contributed by atoms with E-state index in [1.807, 2.05) is 19.2 Å². The molecule has 0 aromatic carbocycles. The predicted molar refractivity (Wildman–Crippen MR) is 82.8 cm³/mol. The second-order valence-corrected chi connectivity index (χ2v) is 6.28. The normalized spacial score (nSPS) is 19.9. The first-order valence-corrected chi connectivity index (χ1v) is 8.49. The van der Waals surface area contributed by atoms with Gasteiger partial charge in [-0.2, -0.15) is 0 Å². The molecule has 0 radical (unpaired) electrons. The van der Waals surface area contributed by atoms with E-state index in [2.05, 4.69) is 4.98 Å². The SMILES string of the molecule is CCOC(C)c1nc(CC(=O)N2CCCC[C@@H]2C(=O)O)cs1. The number of amides is 1. The van der Waals surface area contributed by atoms with Gasteiger partial charge in [-0.25, -0.2) is 9.78 Å². The number of aliphatic carboxylic acids is 1. The lowest BCUT2D eigenvalue weighted by Gasteiger charge is -2.32. The van der Waals surface area contributed by atoms with Crippen molar-refractivity contribution in [2.24, 2.45) is 0 Å². The minimum Gasteiger partial charge on any atom is -0.480 e. The van der Waals surface area contributed by atoms with Crippen molar-refractivity contribution < 1.29 is 19.4 Å². The number of ether oxygens (including phenoxy) is 1. The number of hydrogen-bond acceptors (Lipinski definition) is 5. The molecule has 1 saturated heterocycles. The molecule has 0 saturated carbocycles. The van der Waals surface area contributed by atoms with Gasteiger partial charge < -0.3 is 14.7 Å². The molecular formula is C15H22N2O4S. The number of likely N-dealkylation sites (tertiary alicyclic amines) is 1. The van der Waals surface area contributed by atoms with Crippen LogP contribution in [-0.4, -0.2) is 46.1 Å². The van der Waals surface area contributed by atoms with E-state index in [0.717, 1.165) is 17.8 Å². The van der Waals surface area contributed by atoms with Crippen LogP contribution in [0.3, 0.4) is 0 Å². The van der Waals surface area contributed by atoms with Gasteiger partial charge in [0, 0.05) is 18.5 Å². The van der Waals surface area contributed by atoms with E-state index in [1.165, 1.54) is 16.2 Å². The number of carboxylic acids is 1. The third-order valence-corrected chi connectivity index (χ3v) is 4.83. The molecule has 1 aliphatic rings. The Bertz CT molecular complexity index is 531. The fourth-order valence-electron chi connectivity index (χ4n) is 2.66. The molecule has 1 aromatic heterocycles. The summed E-state index contributed by atoms with van der Waals surface area (Å²) in [7, 11) is 0. The zero-order chi connectivity index (χ0) is 16.1. The topological polar surface area (TPSA) is 79.7 Å². The molecule has 1 fully saturated rings. The Morgan fingerprint density at radius 2 is 2.32 bits per heavy atom. The van der Waals surface area contributed by atoms with Gasteiger partial charge in [0.15, 0.2) is 0 Å². The molecule has 0 bridgehead atoms. The maximum absolute atomic E-state index is 12.4. The van der Waals surface area contributed by atoms with Crippen LogP contribution in [0.25, 0.3) is 0 Å². The highest BCUT2D eigenvalue weighted by Crippen LogP contribution is 2.23.